The first-order valence-electron chi connectivity index (χ1n) is 7.04. The van der Waals surface area contributed by atoms with E-state index in [1.54, 1.807) is 0 Å². The number of benzene rings is 1. The third kappa shape index (κ3) is 2.55. The number of amides is 1. The molecule has 2 aliphatic heterocycles. The van der Waals surface area contributed by atoms with Crippen LogP contribution in [0.5, 0.6) is 0 Å². The second-order valence-corrected chi connectivity index (χ2v) is 5.98. The zero-order chi connectivity index (χ0) is 14.1. The number of nitrogens with two attached hydrogens (primary N) is 1. The molecule has 1 amide bonds. The number of piperazine rings is 1. The van der Waals surface area contributed by atoms with E-state index < -0.39 is 0 Å². The van der Waals surface area contributed by atoms with E-state index in [0.717, 1.165) is 38.2 Å². The Kier molecular flexibility index (Phi) is 3.72. The minimum absolute atomic E-state index is 0.318. The summed E-state index contributed by atoms with van der Waals surface area (Å²) in [5.74, 6) is 0.318. The highest BCUT2D eigenvalue weighted by molar-refractivity contribution is 7.80. The van der Waals surface area contributed by atoms with Crippen molar-refractivity contribution in [2.45, 2.75) is 25.4 Å². The fraction of sp³-hybridized carbons (Fsp3) is 0.467. The SMILES string of the molecule is NC(=S)c1ccccc1CN1CCN2C(=O)CCC2C1. The molecule has 3 rings (SSSR count). The van der Waals surface area contributed by atoms with Gasteiger partial charge in [0.15, 0.2) is 0 Å². The summed E-state index contributed by atoms with van der Waals surface area (Å²) in [6.07, 6.45) is 1.70. The summed E-state index contributed by atoms with van der Waals surface area (Å²) < 4.78 is 0. The lowest BCUT2D eigenvalue weighted by molar-refractivity contribution is -0.130. The standard InChI is InChI=1S/C15H19N3OS/c16-15(20)13-4-2-1-3-11(13)9-17-7-8-18-12(10-17)5-6-14(18)19/h1-4,12H,5-10H2,(H2,16,20). The number of fused-ring (bicyclic) bond motifs is 1. The molecule has 0 spiro atoms. The van der Waals surface area contributed by atoms with Gasteiger partial charge in [-0.15, -0.1) is 0 Å². The molecule has 0 aliphatic carbocycles. The Morgan fingerprint density at radius 3 is 2.95 bits per heavy atom. The van der Waals surface area contributed by atoms with E-state index in [4.69, 9.17) is 18.0 Å². The second kappa shape index (κ2) is 5.50. The number of hydrogen-bond acceptors (Lipinski definition) is 3. The fourth-order valence-corrected chi connectivity index (χ4v) is 3.41. The number of hydrogen-bond donors (Lipinski definition) is 1. The average molecular weight is 289 g/mol. The molecule has 1 aromatic carbocycles. The van der Waals surface area contributed by atoms with E-state index in [1.165, 1.54) is 5.56 Å². The summed E-state index contributed by atoms with van der Waals surface area (Å²) in [6, 6.07) is 8.44. The summed E-state index contributed by atoms with van der Waals surface area (Å²) in [4.78, 5) is 16.6. The monoisotopic (exact) mass is 289 g/mol. The van der Waals surface area contributed by atoms with Gasteiger partial charge in [0, 0.05) is 44.2 Å². The maximum Gasteiger partial charge on any atom is 0.222 e. The van der Waals surface area contributed by atoms with Crippen molar-refractivity contribution in [2.24, 2.45) is 5.73 Å². The Morgan fingerprint density at radius 1 is 1.35 bits per heavy atom. The summed E-state index contributed by atoms with van der Waals surface area (Å²) in [5.41, 5.74) is 7.93. The normalized spacial score (nSPS) is 22.9. The molecule has 2 saturated heterocycles. The molecule has 20 heavy (non-hydrogen) atoms. The van der Waals surface area contributed by atoms with E-state index in [9.17, 15) is 4.79 Å². The Balaban J connectivity index is 1.70. The molecule has 0 saturated carbocycles. The van der Waals surface area contributed by atoms with Gasteiger partial charge in [0.1, 0.15) is 4.99 Å². The number of rotatable bonds is 3. The Bertz CT molecular complexity index is 546. The van der Waals surface area contributed by atoms with Crippen molar-refractivity contribution in [3.8, 4) is 0 Å². The highest BCUT2D eigenvalue weighted by Gasteiger charge is 2.35. The predicted octanol–water partition coefficient (Wildman–Crippen LogP) is 1.13. The van der Waals surface area contributed by atoms with Gasteiger partial charge in [-0.1, -0.05) is 36.5 Å². The van der Waals surface area contributed by atoms with E-state index in [0.29, 0.717) is 23.4 Å². The van der Waals surface area contributed by atoms with Crippen molar-refractivity contribution in [3.05, 3.63) is 35.4 Å². The van der Waals surface area contributed by atoms with Gasteiger partial charge in [-0.3, -0.25) is 9.69 Å². The van der Waals surface area contributed by atoms with Crippen molar-refractivity contribution in [2.75, 3.05) is 19.6 Å². The van der Waals surface area contributed by atoms with Crippen LogP contribution in [0.4, 0.5) is 0 Å². The number of thiocarbonyl (C=S) groups is 1. The molecule has 1 atom stereocenters. The topological polar surface area (TPSA) is 49.6 Å². The summed E-state index contributed by atoms with van der Waals surface area (Å²) in [5, 5.41) is 0. The zero-order valence-corrected chi connectivity index (χ0v) is 12.2. The second-order valence-electron chi connectivity index (χ2n) is 5.54. The van der Waals surface area contributed by atoms with Crippen LogP contribution in [0, 0.1) is 0 Å². The maximum atomic E-state index is 11.7. The lowest BCUT2D eigenvalue weighted by Crippen LogP contribution is -2.51. The van der Waals surface area contributed by atoms with Crippen LogP contribution in [0.3, 0.4) is 0 Å². The molecule has 0 radical (unpaired) electrons. The van der Waals surface area contributed by atoms with Crippen LogP contribution in [0.2, 0.25) is 0 Å². The van der Waals surface area contributed by atoms with Crippen molar-refractivity contribution in [1.29, 1.82) is 0 Å². The van der Waals surface area contributed by atoms with Crippen LogP contribution < -0.4 is 5.73 Å². The average Bonchev–Trinajstić information content (AvgIpc) is 2.80. The zero-order valence-electron chi connectivity index (χ0n) is 11.4. The molecule has 2 aliphatic rings. The third-order valence-corrected chi connectivity index (χ3v) is 4.48. The van der Waals surface area contributed by atoms with Crippen molar-refractivity contribution >= 4 is 23.1 Å². The molecule has 0 bridgehead atoms. The smallest absolute Gasteiger partial charge is 0.222 e. The summed E-state index contributed by atoms with van der Waals surface area (Å²) in [6.45, 7) is 3.58. The Morgan fingerprint density at radius 2 is 2.15 bits per heavy atom. The van der Waals surface area contributed by atoms with Gasteiger partial charge < -0.3 is 10.6 Å². The van der Waals surface area contributed by atoms with Gasteiger partial charge in [-0.2, -0.15) is 0 Å². The van der Waals surface area contributed by atoms with Gasteiger partial charge in [-0.25, -0.2) is 0 Å². The van der Waals surface area contributed by atoms with E-state index in [1.807, 2.05) is 23.1 Å². The molecule has 2 heterocycles. The van der Waals surface area contributed by atoms with Crippen LogP contribution >= 0.6 is 12.2 Å². The van der Waals surface area contributed by atoms with Crippen molar-refractivity contribution in [3.63, 3.8) is 0 Å². The lowest BCUT2D eigenvalue weighted by atomic mass is 10.1. The predicted molar refractivity (Wildman–Crippen MR) is 82.3 cm³/mol. The van der Waals surface area contributed by atoms with Crippen molar-refractivity contribution in [1.82, 2.24) is 9.80 Å². The van der Waals surface area contributed by atoms with Gasteiger partial charge in [0.05, 0.1) is 0 Å². The molecule has 1 unspecified atom stereocenters. The first kappa shape index (κ1) is 13.5. The van der Waals surface area contributed by atoms with Crippen LogP contribution in [0.15, 0.2) is 24.3 Å². The highest BCUT2D eigenvalue weighted by atomic mass is 32.1. The van der Waals surface area contributed by atoms with Crippen LogP contribution in [0.25, 0.3) is 0 Å². The maximum absolute atomic E-state index is 11.7. The lowest BCUT2D eigenvalue weighted by Gasteiger charge is -2.37. The van der Waals surface area contributed by atoms with E-state index in [2.05, 4.69) is 11.0 Å². The molecule has 2 N–H and O–H groups in total. The molecule has 4 nitrogen and oxygen atoms in total. The number of carbonyl (C=O) groups is 1. The summed E-state index contributed by atoms with van der Waals surface area (Å²) in [7, 11) is 0. The van der Waals surface area contributed by atoms with Gasteiger partial charge in [0.25, 0.3) is 0 Å². The Hall–Kier alpha value is -1.46. The highest BCUT2D eigenvalue weighted by Crippen LogP contribution is 2.24. The number of nitrogens with zero attached hydrogens (tertiary/aromatic N) is 2. The van der Waals surface area contributed by atoms with E-state index >= 15 is 0 Å². The van der Waals surface area contributed by atoms with Gasteiger partial charge in [-0.05, 0) is 12.0 Å². The summed E-state index contributed by atoms with van der Waals surface area (Å²) >= 11 is 5.11. The molecule has 1 aromatic rings. The fourth-order valence-electron chi connectivity index (χ4n) is 3.21. The first-order chi connectivity index (χ1) is 9.65. The number of carbonyl (C=O) groups excluding carboxylic acids is 1. The van der Waals surface area contributed by atoms with Gasteiger partial charge >= 0.3 is 0 Å². The van der Waals surface area contributed by atoms with Crippen molar-refractivity contribution < 1.29 is 4.79 Å². The van der Waals surface area contributed by atoms with Crippen LogP contribution in [-0.2, 0) is 11.3 Å². The molecule has 5 heteroatoms. The Labute approximate surface area is 124 Å². The van der Waals surface area contributed by atoms with Crippen LogP contribution in [-0.4, -0.2) is 46.4 Å². The molecule has 0 aromatic heterocycles. The quantitative estimate of drug-likeness (QED) is 0.848. The third-order valence-electron chi connectivity index (χ3n) is 4.26. The minimum atomic E-state index is 0.318. The first-order valence-corrected chi connectivity index (χ1v) is 7.45. The molecule has 2 fully saturated rings. The molecule has 106 valence electrons. The molecular weight excluding hydrogens is 270 g/mol. The molecular formula is C15H19N3OS. The largest absolute Gasteiger partial charge is 0.389 e. The van der Waals surface area contributed by atoms with Gasteiger partial charge in [0.2, 0.25) is 5.91 Å². The minimum Gasteiger partial charge on any atom is -0.389 e. The van der Waals surface area contributed by atoms with E-state index in [-0.39, 0.29) is 0 Å². The van der Waals surface area contributed by atoms with Crippen LogP contribution in [0.1, 0.15) is 24.0 Å².